The van der Waals surface area contributed by atoms with Crippen molar-refractivity contribution in [2.75, 3.05) is 13.1 Å². The first-order valence-corrected chi connectivity index (χ1v) is 5.26. The minimum absolute atomic E-state index is 0.0779. The number of carbonyl (C=O) groups excluding carboxylic acids is 1. The van der Waals surface area contributed by atoms with Crippen LogP contribution in [0.15, 0.2) is 0 Å². The summed E-state index contributed by atoms with van der Waals surface area (Å²) in [6.07, 6.45) is -0.0903. The van der Waals surface area contributed by atoms with Crippen LogP contribution in [0.5, 0.6) is 0 Å². The zero-order chi connectivity index (χ0) is 13.2. The molecule has 0 aromatic heterocycles. The zero-order valence-corrected chi connectivity index (χ0v) is 9.55. The van der Waals surface area contributed by atoms with E-state index < -0.39 is 35.7 Å². The summed E-state index contributed by atoms with van der Waals surface area (Å²) < 4.78 is 0. The van der Waals surface area contributed by atoms with Crippen molar-refractivity contribution in [2.24, 2.45) is 11.1 Å². The largest absolute Gasteiger partial charge is 0.481 e. The summed E-state index contributed by atoms with van der Waals surface area (Å²) in [4.78, 5) is 34.5. The average Bonchev–Trinajstić information content (AvgIpc) is 2.60. The number of carbonyl (C=O) groups is 3. The number of rotatable bonds is 4. The van der Waals surface area contributed by atoms with Crippen LogP contribution in [0, 0.1) is 5.41 Å². The number of hydrogen-bond acceptors (Lipinski definition) is 4. The third-order valence-corrected chi connectivity index (χ3v) is 3.01. The summed E-state index contributed by atoms with van der Waals surface area (Å²) in [5.41, 5.74) is 4.48. The maximum Gasteiger partial charge on any atom is 0.311 e. The van der Waals surface area contributed by atoms with E-state index in [1.807, 2.05) is 0 Å². The van der Waals surface area contributed by atoms with E-state index in [-0.39, 0.29) is 6.54 Å². The Balaban J connectivity index is 2.62. The molecule has 0 aliphatic carbocycles. The molecular weight excluding hydrogens is 228 g/mol. The van der Waals surface area contributed by atoms with Crippen LogP contribution in [0.1, 0.15) is 19.8 Å². The first-order valence-electron chi connectivity index (χ1n) is 5.26. The van der Waals surface area contributed by atoms with Gasteiger partial charge in [-0.2, -0.15) is 0 Å². The van der Waals surface area contributed by atoms with E-state index in [0.717, 1.165) is 0 Å². The number of hydrogen-bond donors (Lipinski definition) is 3. The highest BCUT2D eigenvalue weighted by molar-refractivity contribution is 5.87. The minimum atomic E-state index is -1.15. The van der Waals surface area contributed by atoms with Gasteiger partial charge in [-0.1, -0.05) is 0 Å². The highest BCUT2D eigenvalue weighted by Crippen LogP contribution is 2.30. The van der Waals surface area contributed by atoms with Crippen molar-refractivity contribution in [1.29, 1.82) is 0 Å². The fourth-order valence-electron chi connectivity index (χ4n) is 1.83. The number of likely N-dealkylation sites (tertiary alicyclic amines) is 1. The summed E-state index contributed by atoms with van der Waals surface area (Å²) in [6.45, 7) is 1.94. The normalized spacial score (nSPS) is 25.6. The van der Waals surface area contributed by atoms with Crippen molar-refractivity contribution >= 4 is 17.8 Å². The van der Waals surface area contributed by atoms with Crippen LogP contribution >= 0.6 is 0 Å². The lowest BCUT2D eigenvalue weighted by Gasteiger charge is -2.22. The second kappa shape index (κ2) is 4.70. The summed E-state index contributed by atoms with van der Waals surface area (Å²) in [7, 11) is 0. The van der Waals surface area contributed by atoms with Crippen molar-refractivity contribution in [3.63, 3.8) is 0 Å². The van der Waals surface area contributed by atoms with Crippen LogP contribution in [0.2, 0.25) is 0 Å². The third-order valence-electron chi connectivity index (χ3n) is 3.01. The van der Waals surface area contributed by atoms with Gasteiger partial charge in [0.05, 0.1) is 17.9 Å². The van der Waals surface area contributed by atoms with E-state index in [9.17, 15) is 14.4 Å². The molecular formula is C10H16N2O5. The molecule has 4 N–H and O–H groups in total. The molecule has 1 aliphatic heterocycles. The molecule has 1 fully saturated rings. The van der Waals surface area contributed by atoms with Gasteiger partial charge in [0.2, 0.25) is 5.91 Å². The van der Waals surface area contributed by atoms with Crippen LogP contribution in [0.25, 0.3) is 0 Å². The van der Waals surface area contributed by atoms with Crippen LogP contribution in [0.3, 0.4) is 0 Å². The second-order valence-corrected chi connectivity index (χ2v) is 4.58. The number of carboxylic acids is 2. The van der Waals surface area contributed by atoms with Crippen LogP contribution in [0.4, 0.5) is 0 Å². The number of aliphatic carboxylic acids is 2. The van der Waals surface area contributed by atoms with Gasteiger partial charge in [-0.05, 0) is 13.3 Å². The highest BCUT2D eigenvalue weighted by Gasteiger charge is 2.43. The van der Waals surface area contributed by atoms with Crippen molar-refractivity contribution in [2.45, 2.75) is 25.8 Å². The highest BCUT2D eigenvalue weighted by atomic mass is 16.4. The van der Waals surface area contributed by atoms with Gasteiger partial charge < -0.3 is 20.8 Å². The molecule has 1 aliphatic rings. The number of carboxylic acid groups (broad SMARTS) is 2. The van der Waals surface area contributed by atoms with Gasteiger partial charge in [0, 0.05) is 13.1 Å². The van der Waals surface area contributed by atoms with E-state index >= 15 is 0 Å². The van der Waals surface area contributed by atoms with Crippen LogP contribution in [-0.4, -0.2) is 52.1 Å². The van der Waals surface area contributed by atoms with Gasteiger partial charge in [-0.3, -0.25) is 14.4 Å². The third kappa shape index (κ3) is 2.94. The van der Waals surface area contributed by atoms with Gasteiger partial charge in [-0.15, -0.1) is 0 Å². The zero-order valence-electron chi connectivity index (χ0n) is 9.55. The summed E-state index contributed by atoms with van der Waals surface area (Å²) in [6, 6.07) is -1.11. The molecule has 2 atom stereocenters. The Kier molecular flexibility index (Phi) is 3.72. The molecule has 0 saturated carbocycles. The lowest BCUT2D eigenvalue weighted by Crippen LogP contribution is -2.45. The number of amides is 1. The SMILES string of the molecule is CC1(C(=O)O)CCN(C(=O)C(N)CC(=O)O)C1. The summed E-state index contributed by atoms with van der Waals surface area (Å²) >= 11 is 0. The molecule has 0 aromatic carbocycles. The van der Waals surface area contributed by atoms with Crippen LogP contribution in [-0.2, 0) is 14.4 Å². The van der Waals surface area contributed by atoms with E-state index in [0.29, 0.717) is 13.0 Å². The molecule has 2 unspecified atom stereocenters. The molecule has 0 radical (unpaired) electrons. The number of nitrogens with two attached hydrogens (primary N) is 1. The average molecular weight is 244 g/mol. The fourth-order valence-corrected chi connectivity index (χ4v) is 1.83. The lowest BCUT2D eigenvalue weighted by atomic mass is 9.90. The van der Waals surface area contributed by atoms with Gasteiger partial charge in [0.15, 0.2) is 0 Å². The smallest absolute Gasteiger partial charge is 0.311 e. The molecule has 0 aromatic rings. The van der Waals surface area contributed by atoms with Crippen LogP contribution < -0.4 is 5.73 Å². The molecule has 1 rings (SSSR count). The molecule has 0 bridgehead atoms. The van der Waals surface area contributed by atoms with E-state index in [1.54, 1.807) is 6.92 Å². The predicted octanol–water partition coefficient (Wildman–Crippen LogP) is -0.888. The Bertz CT molecular complexity index is 357. The van der Waals surface area contributed by atoms with E-state index in [4.69, 9.17) is 15.9 Å². The Labute approximate surface area is 98.2 Å². The van der Waals surface area contributed by atoms with Gasteiger partial charge in [-0.25, -0.2) is 0 Å². The number of nitrogens with zero attached hydrogens (tertiary/aromatic N) is 1. The molecule has 17 heavy (non-hydrogen) atoms. The summed E-state index contributed by atoms with van der Waals surface area (Å²) in [5.74, 6) is -2.61. The van der Waals surface area contributed by atoms with Crippen molar-refractivity contribution in [1.82, 2.24) is 4.90 Å². The quantitative estimate of drug-likeness (QED) is 0.590. The molecule has 1 heterocycles. The molecule has 1 amide bonds. The minimum Gasteiger partial charge on any atom is -0.481 e. The molecule has 1 saturated heterocycles. The van der Waals surface area contributed by atoms with Gasteiger partial charge >= 0.3 is 11.9 Å². The first kappa shape index (κ1) is 13.4. The Morgan fingerprint density at radius 3 is 2.41 bits per heavy atom. The molecule has 7 nitrogen and oxygen atoms in total. The molecule has 7 heteroatoms. The van der Waals surface area contributed by atoms with Crippen molar-refractivity contribution < 1.29 is 24.6 Å². The van der Waals surface area contributed by atoms with Gasteiger partial charge in [0.25, 0.3) is 0 Å². The lowest BCUT2D eigenvalue weighted by molar-refractivity contribution is -0.148. The van der Waals surface area contributed by atoms with Crippen molar-refractivity contribution in [3.05, 3.63) is 0 Å². The van der Waals surface area contributed by atoms with Crippen molar-refractivity contribution in [3.8, 4) is 0 Å². The molecule has 0 spiro atoms. The van der Waals surface area contributed by atoms with Gasteiger partial charge in [0.1, 0.15) is 0 Å². The topological polar surface area (TPSA) is 121 Å². The Morgan fingerprint density at radius 1 is 1.41 bits per heavy atom. The maximum absolute atomic E-state index is 11.7. The van der Waals surface area contributed by atoms with E-state index in [1.165, 1.54) is 4.90 Å². The first-order chi connectivity index (χ1) is 7.76. The predicted molar refractivity (Wildman–Crippen MR) is 57.2 cm³/mol. The molecule has 96 valence electrons. The summed E-state index contributed by atoms with van der Waals surface area (Å²) in [5, 5.41) is 17.5. The maximum atomic E-state index is 11.7. The monoisotopic (exact) mass is 244 g/mol. The standard InChI is InChI=1S/C10H16N2O5/c1-10(9(16)17)2-3-12(5-10)8(15)6(11)4-7(13)14/h6H,2-5,11H2,1H3,(H,13,14)(H,16,17). The fraction of sp³-hybridized carbons (Fsp3) is 0.700. The Morgan fingerprint density at radius 2 is 2.00 bits per heavy atom. The second-order valence-electron chi connectivity index (χ2n) is 4.58. The Hall–Kier alpha value is -1.63. The van der Waals surface area contributed by atoms with E-state index in [2.05, 4.69) is 0 Å².